The maximum atomic E-state index is 12.2. The van der Waals surface area contributed by atoms with Crippen LogP contribution in [0.4, 0.5) is 0 Å². The third-order valence-corrected chi connectivity index (χ3v) is 3.21. The van der Waals surface area contributed by atoms with Crippen LogP contribution in [-0.2, 0) is 4.79 Å². The number of hydrogen-bond donors (Lipinski definition) is 2. The minimum absolute atomic E-state index is 0.120. The average Bonchev–Trinajstić information content (AvgIpc) is 3.08. The fraction of sp³-hybridized carbons (Fsp3) is 0.538. The van der Waals surface area contributed by atoms with Crippen molar-refractivity contribution in [1.29, 1.82) is 0 Å². The van der Waals surface area contributed by atoms with E-state index in [9.17, 15) is 9.59 Å². The maximum absolute atomic E-state index is 12.2. The first-order chi connectivity index (χ1) is 9.13. The number of nitrogens with zero attached hydrogens (tertiary/aromatic N) is 1. The van der Waals surface area contributed by atoms with Gasteiger partial charge in [0, 0.05) is 12.6 Å². The Morgan fingerprint density at radius 3 is 3.05 bits per heavy atom. The molecule has 0 radical (unpaired) electrons. The molecule has 2 amide bonds. The monoisotopic (exact) mass is 266 g/mol. The van der Waals surface area contributed by atoms with Crippen molar-refractivity contribution in [2.75, 3.05) is 13.2 Å². The molecule has 0 aliphatic carbocycles. The van der Waals surface area contributed by atoms with Crippen molar-refractivity contribution in [2.45, 2.75) is 31.8 Å². The highest BCUT2D eigenvalue weighted by Crippen LogP contribution is 2.20. The zero-order valence-electron chi connectivity index (χ0n) is 10.8. The van der Waals surface area contributed by atoms with E-state index in [1.165, 1.54) is 11.2 Å². The fourth-order valence-corrected chi connectivity index (χ4v) is 2.21. The van der Waals surface area contributed by atoms with Gasteiger partial charge in [-0.2, -0.15) is 0 Å². The molecule has 19 heavy (non-hydrogen) atoms. The van der Waals surface area contributed by atoms with Crippen LogP contribution in [0.2, 0.25) is 0 Å². The van der Waals surface area contributed by atoms with Crippen LogP contribution in [0.3, 0.4) is 0 Å². The van der Waals surface area contributed by atoms with Crippen molar-refractivity contribution in [3.8, 4) is 0 Å². The summed E-state index contributed by atoms with van der Waals surface area (Å²) in [6.45, 7) is 2.14. The standard InChI is InChI=1S/C13H18N2O4/c1-9(8-16)14-12(17)10-4-2-6-15(10)13(18)11-5-3-7-19-11/h3,5,7,9-10,16H,2,4,6,8H2,1H3,(H,14,17). The van der Waals surface area contributed by atoms with Gasteiger partial charge in [0.1, 0.15) is 6.04 Å². The number of aliphatic hydroxyl groups excluding tert-OH is 1. The summed E-state index contributed by atoms with van der Waals surface area (Å²) < 4.78 is 5.08. The molecule has 1 saturated heterocycles. The zero-order chi connectivity index (χ0) is 13.8. The minimum atomic E-state index is -0.480. The largest absolute Gasteiger partial charge is 0.459 e. The summed E-state index contributed by atoms with van der Waals surface area (Å²) in [5, 5.41) is 11.6. The quantitative estimate of drug-likeness (QED) is 0.825. The smallest absolute Gasteiger partial charge is 0.290 e. The van der Waals surface area contributed by atoms with Crippen molar-refractivity contribution in [1.82, 2.24) is 10.2 Å². The molecule has 2 rings (SSSR count). The Labute approximate surface area is 111 Å². The second-order valence-corrected chi connectivity index (χ2v) is 4.73. The fourth-order valence-electron chi connectivity index (χ4n) is 2.21. The number of hydrogen-bond acceptors (Lipinski definition) is 4. The first-order valence-corrected chi connectivity index (χ1v) is 6.39. The number of aliphatic hydroxyl groups is 1. The molecule has 0 spiro atoms. The summed E-state index contributed by atoms with van der Waals surface area (Å²) >= 11 is 0. The van der Waals surface area contributed by atoms with E-state index in [-0.39, 0.29) is 30.2 Å². The number of carbonyl (C=O) groups excluding carboxylic acids is 2. The summed E-state index contributed by atoms with van der Waals surface area (Å²) in [4.78, 5) is 25.8. The molecule has 6 heteroatoms. The van der Waals surface area contributed by atoms with Crippen molar-refractivity contribution in [3.63, 3.8) is 0 Å². The van der Waals surface area contributed by atoms with Gasteiger partial charge in [-0.05, 0) is 31.9 Å². The first-order valence-electron chi connectivity index (χ1n) is 6.39. The van der Waals surface area contributed by atoms with Crippen LogP contribution >= 0.6 is 0 Å². The predicted octanol–water partition coefficient (Wildman–Crippen LogP) is 0.381. The molecule has 2 unspecified atom stereocenters. The highest BCUT2D eigenvalue weighted by Gasteiger charge is 2.35. The van der Waals surface area contributed by atoms with Crippen LogP contribution in [0.1, 0.15) is 30.3 Å². The van der Waals surface area contributed by atoms with Crippen molar-refractivity contribution in [3.05, 3.63) is 24.2 Å². The summed E-state index contributed by atoms with van der Waals surface area (Å²) in [6.07, 6.45) is 2.86. The molecule has 0 bridgehead atoms. The molecule has 1 fully saturated rings. The van der Waals surface area contributed by atoms with E-state index in [2.05, 4.69) is 5.32 Å². The number of nitrogens with one attached hydrogen (secondary N) is 1. The lowest BCUT2D eigenvalue weighted by Gasteiger charge is -2.24. The van der Waals surface area contributed by atoms with E-state index < -0.39 is 6.04 Å². The number of furan rings is 1. The maximum Gasteiger partial charge on any atom is 0.290 e. The van der Waals surface area contributed by atoms with Gasteiger partial charge in [0.2, 0.25) is 5.91 Å². The van der Waals surface area contributed by atoms with Gasteiger partial charge in [0.05, 0.1) is 12.9 Å². The Kier molecular flexibility index (Phi) is 4.21. The SMILES string of the molecule is CC(CO)NC(=O)C1CCCN1C(=O)c1ccco1. The average molecular weight is 266 g/mol. The molecule has 1 aliphatic rings. The Morgan fingerprint density at radius 2 is 2.42 bits per heavy atom. The van der Waals surface area contributed by atoms with E-state index in [4.69, 9.17) is 9.52 Å². The lowest BCUT2D eigenvalue weighted by atomic mass is 10.2. The van der Waals surface area contributed by atoms with Gasteiger partial charge in [-0.25, -0.2) is 0 Å². The van der Waals surface area contributed by atoms with Gasteiger partial charge < -0.3 is 19.7 Å². The van der Waals surface area contributed by atoms with E-state index in [1.54, 1.807) is 19.1 Å². The molecule has 6 nitrogen and oxygen atoms in total. The third-order valence-electron chi connectivity index (χ3n) is 3.21. The molecule has 1 aliphatic heterocycles. The van der Waals surface area contributed by atoms with Crippen molar-refractivity contribution >= 4 is 11.8 Å². The molecule has 1 aromatic heterocycles. The predicted molar refractivity (Wildman–Crippen MR) is 67.5 cm³/mol. The number of rotatable bonds is 4. The molecule has 2 heterocycles. The molecular formula is C13H18N2O4. The van der Waals surface area contributed by atoms with Crippen LogP contribution in [0.15, 0.2) is 22.8 Å². The van der Waals surface area contributed by atoms with Gasteiger partial charge in [-0.1, -0.05) is 0 Å². The molecule has 2 atom stereocenters. The Morgan fingerprint density at radius 1 is 1.63 bits per heavy atom. The Bertz CT molecular complexity index is 444. The summed E-state index contributed by atoms with van der Waals surface area (Å²) in [5.41, 5.74) is 0. The van der Waals surface area contributed by atoms with E-state index in [0.29, 0.717) is 13.0 Å². The second-order valence-electron chi connectivity index (χ2n) is 4.73. The molecule has 0 aromatic carbocycles. The van der Waals surface area contributed by atoms with Crippen LogP contribution in [0.25, 0.3) is 0 Å². The minimum Gasteiger partial charge on any atom is -0.459 e. The third kappa shape index (κ3) is 2.96. The summed E-state index contributed by atoms with van der Waals surface area (Å²) in [6, 6.07) is 2.44. The first kappa shape index (κ1) is 13.6. The van der Waals surface area contributed by atoms with Crippen molar-refractivity contribution in [2.24, 2.45) is 0 Å². The van der Waals surface area contributed by atoms with Crippen LogP contribution < -0.4 is 5.32 Å². The molecule has 2 N–H and O–H groups in total. The number of carbonyl (C=O) groups is 2. The van der Waals surface area contributed by atoms with Gasteiger partial charge in [0.25, 0.3) is 5.91 Å². The zero-order valence-corrected chi connectivity index (χ0v) is 10.8. The van der Waals surface area contributed by atoms with E-state index in [1.807, 2.05) is 0 Å². The highest BCUT2D eigenvalue weighted by atomic mass is 16.3. The molecule has 1 aromatic rings. The summed E-state index contributed by atoms with van der Waals surface area (Å²) in [5.74, 6) is -0.242. The topological polar surface area (TPSA) is 82.8 Å². The lowest BCUT2D eigenvalue weighted by Crippen LogP contribution is -2.48. The van der Waals surface area contributed by atoms with Crippen LogP contribution in [0.5, 0.6) is 0 Å². The Hall–Kier alpha value is -1.82. The van der Waals surface area contributed by atoms with Gasteiger partial charge >= 0.3 is 0 Å². The van der Waals surface area contributed by atoms with Crippen LogP contribution in [-0.4, -0.2) is 47.1 Å². The highest BCUT2D eigenvalue weighted by molar-refractivity contribution is 5.96. The van der Waals surface area contributed by atoms with Gasteiger partial charge in [-0.15, -0.1) is 0 Å². The second kappa shape index (κ2) is 5.88. The lowest BCUT2D eigenvalue weighted by molar-refractivity contribution is -0.125. The van der Waals surface area contributed by atoms with Gasteiger partial charge in [0.15, 0.2) is 5.76 Å². The van der Waals surface area contributed by atoms with Crippen molar-refractivity contribution < 1.29 is 19.1 Å². The normalized spacial score (nSPS) is 20.3. The molecule has 0 saturated carbocycles. The molecular weight excluding hydrogens is 248 g/mol. The van der Waals surface area contributed by atoms with E-state index >= 15 is 0 Å². The number of likely N-dealkylation sites (tertiary alicyclic amines) is 1. The van der Waals surface area contributed by atoms with E-state index in [0.717, 1.165) is 6.42 Å². The number of amides is 2. The van der Waals surface area contributed by atoms with Gasteiger partial charge in [-0.3, -0.25) is 9.59 Å². The van der Waals surface area contributed by atoms with Crippen LogP contribution in [0, 0.1) is 0 Å². The molecule has 104 valence electrons. The summed E-state index contributed by atoms with van der Waals surface area (Å²) in [7, 11) is 0. The Balaban J connectivity index is 2.04.